The van der Waals surface area contributed by atoms with E-state index >= 15 is 0 Å². The van der Waals surface area contributed by atoms with E-state index in [1.807, 2.05) is 11.9 Å². The normalized spacial score (nSPS) is 19.3. The maximum Gasteiger partial charge on any atom is 0.330 e. The van der Waals surface area contributed by atoms with Gasteiger partial charge < -0.3 is 14.5 Å². The smallest absolute Gasteiger partial charge is 0.330 e. The van der Waals surface area contributed by atoms with Crippen molar-refractivity contribution in [2.75, 3.05) is 56.5 Å². The number of nitrogens with zero attached hydrogens (tertiary/aromatic N) is 3. The molecule has 3 rings (SSSR count). The van der Waals surface area contributed by atoms with Crippen molar-refractivity contribution < 1.29 is 27.6 Å². The SMILES string of the molecule is CN1CCN(c2ccc(C(=O)Cl)c(N(F)C(=O)C(F)(F)C3CCOCC3)c2)CC1. The number of halogens is 4. The summed E-state index contributed by atoms with van der Waals surface area (Å²) < 4.78 is 49.3. The van der Waals surface area contributed by atoms with Gasteiger partial charge in [0.25, 0.3) is 5.24 Å². The Morgan fingerprint density at radius 1 is 1.17 bits per heavy atom. The number of carbonyl (C=O) groups is 2. The minimum absolute atomic E-state index is 0.0464. The summed E-state index contributed by atoms with van der Waals surface area (Å²) in [6.07, 6.45) is -0.0928. The summed E-state index contributed by atoms with van der Waals surface area (Å²) in [5.74, 6) is -7.24. The first-order valence-corrected chi connectivity index (χ1v) is 9.83. The molecule has 2 aliphatic rings. The van der Waals surface area contributed by atoms with Gasteiger partial charge in [-0.25, -0.2) is 0 Å². The van der Waals surface area contributed by atoms with Crippen molar-refractivity contribution in [1.82, 2.24) is 4.90 Å². The molecule has 2 aliphatic heterocycles. The van der Waals surface area contributed by atoms with E-state index in [1.165, 1.54) is 12.1 Å². The second-order valence-corrected chi connectivity index (χ2v) is 7.70. The van der Waals surface area contributed by atoms with Crippen molar-refractivity contribution in [1.29, 1.82) is 0 Å². The van der Waals surface area contributed by atoms with Gasteiger partial charge in [0, 0.05) is 51.0 Å². The fourth-order valence-corrected chi connectivity index (χ4v) is 3.74. The average Bonchev–Trinajstić information content (AvgIpc) is 2.73. The Morgan fingerprint density at radius 3 is 2.38 bits per heavy atom. The fourth-order valence-electron chi connectivity index (χ4n) is 3.59. The molecular weight excluding hydrogens is 411 g/mol. The number of amides is 1. The van der Waals surface area contributed by atoms with Gasteiger partial charge in [0.05, 0.1) is 11.3 Å². The zero-order chi connectivity index (χ0) is 21.2. The Labute approximate surface area is 172 Å². The van der Waals surface area contributed by atoms with Crippen molar-refractivity contribution in [3.05, 3.63) is 23.8 Å². The molecule has 0 aromatic heterocycles. The molecule has 29 heavy (non-hydrogen) atoms. The summed E-state index contributed by atoms with van der Waals surface area (Å²) in [7, 11) is 1.97. The second-order valence-electron chi connectivity index (χ2n) is 7.36. The topological polar surface area (TPSA) is 53.1 Å². The standard InChI is InChI=1S/C19H23ClF3N3O3/c1-24-6-8-25(9-7-24)14-2-3-15(17(20)27)16(12-14)26(23)18(28)19(21,22)13-4-10-29-11-5-13/h2-3,12-13H,4-11H2,1H3. The highest BCUT2D eigenvalue weighted by molar-refractivity contribution is 6.68. The van der Waals surface area contributed by atoms with Crippen LogP contribution in [0, 0.1) is 5.92 Å². The largest absolute Gasteiger partial charge is 0.381 e. The number of carbonyl (C=O) groups excluding carboxylic acids is 2. The molecular formula is C19H23ClF3N3O3. The number of alkyl halides is 2. The molecule has 160 valence electrons. The first-order chi connectivity index (χ1) is 13.7. The lowest BCUT2D eigenvalue weighted by atomic mass is 9.92. The molecule has 0 N–H and O–H groups in total. The summed E-state index contributed by atoms with van der Waals surface area (Å²) in [5, 5.41) is -1.67. The van der Waals surface area contributed by atoms with E-state index < -0.39 is 33.8 Å². The van der Waals surface area contributed by atoms with E-state index in [4.69, 9.17) is 16.3 Å². The predicted molar refractivity (Wildman–Crippen MR) is 103 cm³/mol. The summed E-state index contributed by atoms with van der Waals surface area (Å²) in [4.78, 5) is 28.1. The van der Waals surface area contributed by atoms with Gasteiger partial charge in [-0.05, 0) is 49.7 Å². The van der Waals surface area contributed by atoms with Crippen LogP contribution in [-0.2, 0) is 9.53 Å². The van der Waals surface area contributed by atoms with E-state index in [2.05, 4.69) is 4.90 Å². The summed E-state index contributed by atoms with van der Waals surface area (Å²) in [5.41, 5.74) is -0.388. The molecule has 0 spiro atoms. The van der Waals surface area contributed by atoms with Crippen LogP contribution in [0.1, 0.15) is 23.2 Å². The minimum atomic E-state index is -3.92. The number of likely N-dealkylation sites (N-methyl/N-ethyl adjacent to an activating group) is 1. The van der Waals surface area contributed by atoms with Gasteiger partial charge in [-0.2, -0.15) is 8.78 Å². The molecule has 2 saturated heterocycles. The second kappa shape index (κ2) is 8.89. The number of hydrogen-bond acceptors (Lipinski definition) is 5. The molecule has 0 aliphatic carbocycles. The predicted octanol–water partition coefficient (Wildman–Crippen LogP) is 3.10. The van der Waals surface area contributed by atoms with Crippen LogP contribution < -0.4 is 10.0 Å². The molecule has 0 unspecified atom stereocenters. The van der Waals surface area contributed by atoms with Crippen LogP contribution in [0.2, 0.25) is 0 Å². The number of piperazine rings is 1. The molecule has 0 radical (unpaired) electrons. The first kappa shape index (κ1) is 21.9. The first-order valence-electron chi connectivity index (χ1n) is 9.45. The maximum atomic E-state index is 14.9. The summed E-state index contributed by atoms with van der Waals surface area (Å²) in [6, 6.07) is 4.04. The zero-order valence-electron chi connectivity index (χ0n) is 16.0. The monoisotopic (exact) mass is 433 g/mol. The van der Waals surface area contributed by atoms with E-state index in [0.29, 0.717) is 18.8 Å². The molecule has 0 saturated carbocycles. The van der Waals surface area contributed by atoms with Gasteiger partial charge in [0.1, 0.15) is 0 Å². The zero-order valence-corrected chi connectivity index (χ0v) is 16.8. The molecule has 2 heterocycles. The number of hydrogen-bond donors (Lipinski definition) is 0. The Balaban J connectivity index is 1.89. The van der Waals surface area contributed by atoms with Gasteiger partial charge >= 0.3 is 11.8 Å². The molecule has 1 aromatic rings. The third-order valence-electron chi connectivity index (χ3n) is 5.47. The molecule has 6 nitrogen and oxygen atoms in total. The van der Waals surface area contributed by atoms with Gasteiger partial charge in [0.15, 0.2) is 0 Å². The minimum Gasteiger partial charge on any atom is -0.381 e. The Morgan fingerprint density at radius 2 is 1.79 bits per heavy atom. The Bertz CT molecular complexity index is 766. The number of benzene rings is 1. The number of rotatable bonds is 5. The average molecular weight is 434 g/mol. The van der Waals surface area contributed by atoms with Gasteiger partial charge in [-0.3, -0.25) is 9.59 Å². The van der Waals surface area contributed by atoms with Crippen LogP contribution in [-0.4, -0.2) is 68.4 Å². The lowest BCUT2D eigenvalue weighted by Gasteiger charge is -2.34. The number of anilines is 2. The molecule has 10 heteroatoms. The van der Waals surface area contributed by atoms with Gasteiger partial charge in [-0.15, -0.1) is 5.12 Å². The van der Waals surface area contributed by atoms with Crippen LogP contribution in [0.3, 0.4) is 0 Å². The third-order valence-corrected chi connectivity index (χ3v) is 5.67. The van der Waals surface area contributed by atoms with Gasteiger partial charge in [0.2, 0.25) is 0 Å². The Hall–Kier alpha value is -1.84. The van der Waals surface area contributed by atoms with Crippen LogP contribution in [0.5, 0.6) is 0 Å². The van der Waals surface area contributed by atoms with Crippen molar-refractivity contribution in [3.8, 4) is 0 Å². The molecule has 0 atom stereocenters. The van der Waals surface area contributed by atoms with E-state index in [0.717, 1.165) is 13.1 Å². The number of ether oxygens (including phenoxy) is 1. The Kier molecular flexibility index (Phi) is 6.70. The highest BCUT2D eigenvalue weighted by Crippen LogP contribution is 2.37. The summed E-state index contributed by atoms with van der Waals surface area (Å²) >= 11 is 5.51. The van der Waals surface area contributed by atoms with Crippen LogP contribution in [0.15, 0.2) is 18.2 Å². The third kappa shape index (κ3) is 4.67. The molecule has 1 aromatic carbocycles. The van der Waals surface area contributed by atoms with E-state index in [-0.39, 0.29) is 31.6 Å². The quantitative estimate of drug-likeness (QED) is 0.527. The van der Waals surface area contributed by atoms with Crippen LogP contribution >= 0.6 is 11.6 Å². The maximum absolute atomic E-state index is 14.9. The highest BCUT2D eigenvalue weighted by Gasteiger charge is 2.51. The fraction of sp³-hybridized carbons (Fsp3) is 0.579. The van der Waals surface area contributed by atoms with Crippen molar-refractivity contribution in [2.45, 2.75) is 18.8 Å². The molecule has 0 bridgehead atoms. The molecule has 1 amide bonds. The van der Waals surface area contributed by atoms with Crippen molar-refractivity contribution >= 4 is 34.1 Å². The molecule has 2 fully saturated rings. The van der Waals surface area contributed by atoms with E-state index in [9.17, 15) is 22.9 Å². The highest BCUT2D eigenvalue weighted by atomic mass is 35.5. The van der Waals surface area contributed by atoms with Crippen LogP contribution in [0.4, 0.5) is 24.6 Å². The van der Waals surface area contributed by atoms with Crippen molar-refractivity contribution in [2.24, 2.45) is 5.92 Å². The van der Waals surface area contributed by atoms with Crippen LogP contribution in [0.25, 0.3) is 0 Å². The van der Waals surface area contributed by atoms with Crippen molar-refractivity contribution in [3.63, 3.8) is 0 Å². The van der Waals surface area contributed by atoms with E-state index in [1.54, 1.807) is 6.07 Å². The summed E-state index contributed by atoms with van der Waals surface area (Å²) in [6.45, 7) is 3.00. The lowest BCUT2D eigenvalue weighted by molar-refractivity contribution is -0.159. The lowest BCUT2D eigenvalue weighted by Crippen LogP contribution is -2.47. The van der Waals surface area contributed by atoms with Gasteiger partial charge in [-0.1, -0.05) is 4.48 Å².